The van der Waals surface area contributed by atoms with Gasteiger partial charge in [-0.25, -0.2) is 0 Å². The zero-order chi connectivity index (χ0) is 7.98. The monoisotopic (exact) mass is 135 g/mol. The molecule has 1 aromatic carbocycles. The van der Waals surface area contributed by atoms with Crippen LogP contribution in [0, 0.1) is 6.92 Å². The van der Waals surface area contributed by atoms with Gasteiger partial charge in [-0.15, -0.1) is 13.2 Å². The van der Waals surface area contributed by atoms with E-state index >= 15 is 0 Å². The van der Waals surface area contributed by atoms with Gasteiger partial charge in [-0.2, -0.15) is 0 Å². The fraction of sp³-hybridized carbons (Fsp3) is 0.111. The van der Waals surface area contributed by atoms with Crippen LogP contribution in [-0.2, 0) is 0 Å². The number of rotatable bonds is 0. The number of nitrogen functional groups attached to an aromatic ring is 1. The van der Waals surface area contributed by atoms with Gasteiger partial charge in [0.25, 0.3) is 0 Å². The van der Waals surface area contributed by atoms with Crippen molar-refractivity contribution >= 4 is 5.69 Å². The smallest absolute Gasteiger partial charge is 0.0343 e. The zero-order valence-corrected chi connectivity index (χ0v) is 6.30. The number of para-hydroxylation sites is 1. The van der Waals surface area contributed by atoms with E-state index in [2.05, 4.69) is 13.2 Å². The van der Waals surface area contributed by atoms with Gasteiger partial charge in [-0.05, 0) is 18.6 Å². The molecule has 0 radical (unpaired) electrons. The first-order chi connectivity index (χ1) is 4.80. The highest BCUT2D eigenvalue weighted by Crippen LogP contribution is 2.06. The van der Waals surface area contributed by atoms with E-state index in [9.17, 15) is 0 Å². The molecule has 1 aromatic rings. The molecule has 0 aromatic heterocycles. The lowest BCUT2D eigenvalue weighted by Gasteiger charge is -1.93. The van der Waals surface area contributed by atoms with Gasteiger partial charge in [0.2, 0.25) is 0 Å². The lowest BCUT2D eigenvalue weighted by Crippen LogP contribution is -1.85. The first-order valence-corrected chi connectivity index (χ1v) is 3.12. The van der Waals surface area contributed by atoms with Crippen LogP contribution >= 0.6 is 0 Å². The fourth-order valence-electron chi connectivity index (χ4n) is 0.587. The van der Waals surface area contributed by atoms with Gasteiger partial charge < -0.3 is 5.73 Å². The molecule has 0 atom stereocenters. The maximum Gasteiger partial charge on any atom is 0.0343 e. The van der Waals surface area contributed by atoms with Crippen molar-refractivity contribution in [3.05, 3.63) is 43.0 Å². The summed E-state index contributed by atoms with van der Waals surface area (Å²) in [6.07, 6.45) is 0. The topological polar surface area (TPSA) is 26.0 Å². The predicted molar refractivity (Wildman–Crippen MR) is 46.8 cm³/mol. The number of benzene rings is 1. The van der Waals surface area contributed by atoms with E-state index in [4.69, 9.17) is 5.73 Å². The molecule has 0 amide bonds. The third-order valence-corrected chi connectivity index (χ3v) is 1.19. The highest BCUT2D eigenvalue weighted by atomic mass is 14.5. The lowest BCUT2D eigenvalue weighted by atomic mass is 10.2. The molecule has 2 N–H and O–H groups in total. The number of hydrogen-bond acceptors (Lipinski definition) is 1. The molecule has 1 heteroatoms. The van der Waals surface area contributed by atoms with Gasteiger partial charge in [0.05, 0.1) is 0 Å². The van der Waals surface area contributed by atoms with Crippen molar-refractivity contribution in [3.8, 4) is 0 Å². The van der Waals surface area contributed by atoms with E-state index in [-0.39, 0.29) is 0 Å². The third kappa shape index (κ3) is 2.35. The van der Waals surface area contributed by atoms with Crippen LogP contribution in [0.4, 0.5) is 5.69 Å². The van der Waals surface area contributed by atoms with Crippen molar-refractivity contribution in [2.75, 3.05) is 5.73 Å². The second-order valence-electron chi connectivity index (χ2n) is 1.86. The van der Waals surface area contributed by atoms with Crippen LogP contribution in [0.1, 0.15) is 5.56 Å². The molecule has 0 bridgehead atoms. The minimum Gasteiger partial charge on any atom is -0.399 e. The number of hydrogen-bond donors (Lipinski definition) is 1. The van der Waals surface area contributed by atoms with Crippen LogP contribution in [0.3, 0.4) is 0 Å². The van der Waals surface area contributed by atoms with Crippen LogP contribution in [0.2, 0.25) is 0 Å². The average molecular weight is 135 g/mol. The summed E-state index contributed by atoms with van der Waals surface area (Å²) in [5.74, 6) is 0. The Labute approximate surface area is 62.2 Å². The number of nitrogens with two attached hydrogens (primary N) is 1. The van der Waals surface area contributed by atoms with E-state index in [1.807, 2.05) is 31.2 Å². The molecular formula is C9H13N. The molecule has 1 nitrogen and oxygen atoms in total. The summed E-state index contributed by atoms with van der Waals surface area (Å²) in [5.41, 5.74) is 7.53. The predicted octanol–water partition coefficient (Wildman–Crippen LogP) is 2.38. The van der Waals surface area contributed by atoms with Crippen molar-refractivity contribution in [1.29, 1.82) is 0 Å². The number of aryl methyl sites for hydroxylation is 1. The van der Waals surface area contributed by atoms with Crippen molar-refractivity contribution in [3.63, 3.8) is 0 Å². The van der Waals surface area contributed by atoms with Crippen LogP contribution < -0.4 is 5.73 Å². The minimum atomic E-state index is 0.868. The largest absolute Gasteiger partial charge is 0.399 e. The maximum absolute atomic E-state index is 5.52. The van der Waals surface area contributed by atoms with Crippen molar-refractivity contribution in [2.24, 2.45) is 0 Å². The molecule has 0 unspecified atom stereocenters. The van der Waals surface area contributed by atoms with Gasteiger partial charge in [-0.1, -0.05) is 18.2 Å². The van der Waals surface area contributed by atoms with E-state index in [1.54, 1.807) is 0 Å². The van der Waals surface area contributed by atoms with Gasteiger partial charge >= 0.3 is 0 Å². The van der Waals surface area contributed by atoms with Gasteiger partial charge in [0, 0.05) is 5.69 Å². The van der Waals surface area contributed by atoms with Gasteiger partial charge in [-0.3, -0.25) is 0 Å². The normalized spacial score (nSPS) is 7.70. The third-order valence-electron chi connectivity index (χ3n) is 1.19. The minimum absolute atomic E-state index is 0.868. The Morgan fingerprint density at radius 3 is 2.00 bits per heavy atom. The molecule has 54 valence electrons. The second kappa shape index (κ2) is 4.62. The summed E-state index contributed by atoms with van der Waals surface area (Å²) in [6, 6.07) is 7.80. The maximum atomic E-state index is 5.52. The zero-order valence-electron chi connectivity index (χ0n) is 6.30. The summed E-state index contributed by atoms with van der Waals surface area (Å²) >= 11 is 0. The van der Waals surface area contributed by atoms with Crippen molar-refractivity contribution in [2.45, 2.75) is 6.92 Å². The number of anilines is 1. The van der Waals surface area contributed by atoms with E-state index in [1.165, 1.54) is 0 Å². The summed E-state index contributed by atoms with van der Waals surface area (Å²) in [7, 11) is 0. The Balaban J connectivity index is 0.000000371. The molecule has 0 aliphatic carbocycles. The Hall–Kier alpha value is -1.24. The second-order valence-corrected chi connectivity index (χ2v) is 1.86. The van der Waals surface area contributed by atoms with Crippen LogP contribution in [0.25, 0.3) is 0 Å². The molecule has 0 spiro atoms. The first kappa shape index (κ1) is 8.76. The molecule has 10 heavy (non-hydrogen) atoms. The molecule has 0 fully saturated rings. The highest BCUT2D eigenvalue weighted by molar-refractivity contribution is 5.44. The van der Waals surface area contributed by atoms with Crippen LogP contribution in [0.5, 0.6) is 0 Å². The van der Waals surface area contributed by atoms with Gasteiger partial charge in [0.1, 0.15) is 0 Å². The molecule has 0 aliphatic heterocycles. The van der Waals surface area contributed by atoms with E-state index in [0.29, 0.717) is 0 Å². The highest BCUT2D eigenvalue weighted by Gasteiger charge is 1.84. The molecule has 0 heterocycles. The Morgan fingerprint density at radius 1 is 1.20 bits per heavy atom. The lowest BCUT2D eigenvalue weighted by molar-refractivity contribution is 1.47. The van der Waals surface area contributed by atoms with E-state index < -0.39 is 0 Å². The Bertz CT molecular complexity index is 173. The molecular weight excluding hydrogens is 122 g/mol. The molecule has 1 rings (SSSR count). The fourth-order valence-corrected chi connectivity index (χ4v) is 0.587. The van der Waals surface area contributed by atoms with Crippen LogP contribution in [-0.4, -0.2) is 0 Å². The van der Waals surface area contributed by atoms with E-state index in [0.717, 1.165) is 11.3 Å². The summed E-state index contributed by atoms with van der Waals surface area (Å²) < 4.78 is 0. The standard InChI is InChI=1S/C7H9N.C2H4/c1-6-4-2-3-5-7(6)8;1-2/h2-5H,8H2,1H3;1-2H2. The van der Waals surface area contributed by atoms with Crippen molar-refractivity contribution in [1.82, 2.24) is 0 Å². The molecule has 0 aliphatic rings. The Morgan fingerprint density at radius 2 is 1.70 bits per heavy atom. The van der Waals surface area contributed by atoms with Crippen molar-refractivity contribution < 1.29 is 0 Å². The summed E-state index contributed by atoms with van der Waals surface area (Å²) in [5, 5.41) is 0. The quantitative estimate of drug-likeness (QED) is 0.429. The SMILES string of the molecule is C=C.Cc1ccccc1N. The molecule has 0 saturated heterocycles. The Kier molecular flexibility index (Phi) is 4.05. The molecule has 0 saturated carbocycles. The summed E-state index contributed by atoms with van der Waals surface area (Å²) in [6.45, 7) is 8.00. The average Bonchev–Trinajstić information content (AvgIpc) is 2.00. The first-order valence-electron chi connectivity index (χ1n) is 3.12. The van der Waals surface area contributed by atoms with Crippen LogP contribution in [0.15, 0.2) is 37.4 Å². The summed E-state index contributed by atoms with van der Waals surface area (Å²) in [4.78, 5) is 0. The van der Waals surface area contributed by atoms with Gasteiger partial charge in [0.15, 0.2) is 0 Å².